The average molecular weight is 335 g/mol. The molecule has 0 saturated heterocycles. The maximum absolute atomic E-state index is 6.25. The van der Waals surface area contributed by atoms with E-state index >= 15 is 0 Å². The highest BCUT2D eigenvalue weighted by Gasteiger charge is 2.13. The maximum Gasteiger partial charge on any atom is 0.143 e. The van der Waals surface area contributed by atoms with E-state index in [2.05, 4.69) is 48.5 Å². The molecule has 26 heavy (non-hydrogen) atoms. The molecule has 2 N–H and O–H groups in total. The quantitative estimate of drug-likeness (QED) is 0.374. The van der Waals surface area contributed by atoms with Crippen LogP contribution in [0.15, 0.2) is 95.4 Å². The summed E-state index contributed by atoms with van der Waals surface area (Å²) in [6.07, 6.45) is 0. The molecule has 2 heteroatoms. The molecule has 0 amide bonds. The third-order valence-electron chi connectivity index (χ3n) is 4.85. The molecule has 0 atom stereocenters. The number of hydrogen-bond acceptors (Lipinski definition) is 2. The SMILES string of the molecule is Nc1ccc(-c2cccc3c2oc2ccccc23)cc1-c1ccccc1. The first-order valence-corrected chi connectivity index (χ1v) is 8.67. The van der Waals surface area contributed by atoms with Crippen molar-refractivity contribution in [1.82, 2.24) is 0 Å². The smallest absolute Gasteiger partial charge is 0.143 e. The molecule has 5 rings (SSSR count). The zero-order valence-electron chi connectivity index (χ0n) is 14.1. The second-order valence-corrected chi connectivity index (χ2v) is 6.45. The highest BCUT2D eigenvalue weighted by atomic mass is 16.3. The first kappa shape index (κ1) is 14.8. The highest BCUT2D eigenvalue weighted by molar-refractivity contribution is 6.09. The molecular weight excluding hydrogens is 318 g/mol. The standard InChI is InChI=1S/C24H17NO/c25-22-14-13-17(15-21(22)16-7-2-1-3-8-16)18-10-6-11-20-19-9-4-5-12-23(19)26-24(18)20/h1-15H,25H2. The number of para-hydroxylation sites is 2. The van der Waals surface area contributed by atoms with Gasteiger partial charge in [-0.25, -0.2) is 0 Å². The molecule has 0 bridgehead atoms. The van der Waals surface area contributed by atoms with Gasteiger partial charge in [0.1, 0.15) is 11.2 Å². The van der Waals surface area contributed by atoms with Crippen molar-refractivity contribution < 1.29 is 4.42 Å². The minimum absolute atomic E-state index is 0.775. The van der Waals surface area contributed by atoms with Gasteiger partial charge in [-0.1, -0.05) is 72.8 Å². The Morgan fingerprint density at radius 3 is 2.23 bits per heavy atom. The van der Waals surface area contributed by atoms with Crippen molar-refractivity contribution >= 4 is 27.6 Å². The Morgan fingerprint density at radius 1 is 0.577 bits per heavy atom. The summed E-state index contributed by atoms with van der Waals surface area (Å²) in [5.41, 5.74) is 13.2. The molecule has 1 aromatic heterocycles. The summed E-state index contributed by atoms with van der Waals surface area (Å²) in [7, 11) is 0. The average Bonchev–Trinajstić information content (AvgIpc) is 3.08. The molecule has 4 aromatic carbocycles. The second kappa shape index (κ2) is 5.78. The molecule has 0 unspecified atom stereocenters. The monoisotopic (exact) mass is 335 g/mol. The van der Waals surface area contributed by atoms with Crippen molar-refractivity contribution in [2.24, 2.45) is 0 Å². The van der Waals surface area contributed by atoms with Crippen LogP contribution >= 0.6 is 0 Å². The number of fused-ring (bicyclic) bond motifs is 3. The number of anilines is 1. The summed E-state index contributed by atoms with van der Waals surface area (Å²) < 4.78 is 6.18. The summed E-state index contributed by atoms with van der Waals surface area (Å²) >= 11 is 0. The van der Waals surface area contributed by atoms with Crippen LogP contribution in [0.3, 0.4) is 0 Å². The lowest BCUT2D eigenvalue weighted by molar-refractivity contribution is 0.670. The van der Waals surface area contributed by atoms with Crippen LogP contribution in [-0.4, -0.2) is 0 Å². The summed E-state index contributed by atoms with van der Waals surface area (Å²) in [5, 5.41) is 2.28. The van der Waals surface area contributed by atoms with Gasteiger partial charge in [0, 0.05) is 27.6 Å². The van der Waals surface area contributed by atoms with E-state index < -0.39 is 0 Å². The van der Waals surface area contributed by atoms with Crippen LogP contribution in [0.4, 0.5) is 5.69 Å². The van der Waals surface area contributed by atoms with E-state index in [1.54, 1.807) is 0 Å². The summed E-state index contributed by atoms with van der Waals surface area (Å²) in [5.74, 6) is 0. The van der Waals surface area contributed by atoms with Gasteiger partial charge in [-0.3, -0.25) is 0 Å². The molecule has 1 heterocycles. The zero-order chi connectivity index (χ0) is 17.5. The van der Waals surface area contributed by atoms with Gasteiger partial charge in [0.25, 0.3) is 0 Å². The molecule has 2 nitrogen and oxygen atoms in total. The summed E-state index contributed by atoms with van der Waals surface area (Å²) in [6.45, 7) is 0. The van der Waals surface area contributed by atoms with Gasteiger partial charge in [-0.2, -0.15) is 0 Å². The Balaban J connectivity index is 1.76. The van der Waals surface area contributed by atoms with Gasteiger partial charge in [0.15, 0.2) is 0 Å². The van der Waals surface area contributed by atoms with Gasteiger partial charge < -0.3 is 10.2 Å². The Bertz CT molecular complexity index is 1240. The predicted molar refractivity (Wildman–Crippen MR) is 109 cm³/mol. The minimum Gasteiger partial charge on any atom is -0.455 e. The van der Waals surface area contributed by atoms with E-state index in [9.17, 15) is 0 Å². The number of furan rings is 1. The van der Waals surface area contributed by atoms with Crippen molar-refractivity contribution in [2.75, 3.05) is 5.73 Å². The van der Waals surface area contributed by atoms with Crippen molar-refractivity contribution in [3.05, 3.63) is 91.0 Å². The van der Waals surface area contributed by atoms with Crippen molar-refractivity contribution in [1.29, 1.82) is 0 Å². The number of hydrogen-bond donors (Lipinski definition) is 1. The summed E-state index contributed by atoms with van der Waals surface area (Å²) in [6, 6.07) is 30.9. The van der Waals surface area contributed by atoms with Crippen LogP contribution < -0.4 is 5.73 Å². The largest absolute Gasteiger partial charge is 0.455 e. The zero-order valence-corrected chi connectivity index (χ0v) is 14.1. The van der Waals surface area contributed by atoms with E-state index in [1.165, 1.54) is 0 Å². The molecule has 5 aromatic rings. The van der Waals surface area contributed by atoms with Crippen molar-refractivity contribution in [3.63, 3.8) is 0 Å². The lowest BCUT2D eigenvalue weighted by Gasteiger charge is -2.10. The molecule has 0 radical (unpaired) electrons. The van der Waals surface area contributed by atoms with Gasteiger partial charge in [-0.05, 0) is 29.3 Å². The number of nitrogen functional groups attached to an aromatic ring is 1. The molecule has 0 fully saturated rings. The van der Waals surface area contributed by atoms with Crippen molar-refractivity contribution in [3.8, 4) is 22.3 Å². The molecule has 0 saturated carbocycles. The Morgan fingerprint density at radius 2 is 1.35 bits per heavy atom. The Kier molecular flexibility index (Phi) is 3.29. The van der Waals surface area contributed by atoms with Crippen LogP contribution in [0.1, 0.15) is 0 Å². The maximum atomic E-state index is 6.25. The van der Waals surface area contributed by atoms with Gasteiger partial charge in [-0.15, -0.1) is 0 Å². The van der Waals surface area contributed by atoms with Crippen molar-refractivity contribution in [2.45, 2.75) is 0 Å². The number of rotatable bonds is 2. The minimum atomic E-state index is 0.775. The third-order valence-corrected chi connectivity index (χ3v) is 4.85. The van der Waals surface area contributed by atoms with Crippen LogP contribution in [0.25, 0.3) is 44.2 Å². The number of benzene rings is 4. The molecule has 0 aliphatic carbocycles. The van der Waals surface area contributed by atoms with E-state index in [4.69, 9.17) is 10.2 Å². The third kappa shape index (κ3) is 2.27. The fraction of sp³-hybridized carbons (Fsp3) is 0. The molecular formula is C24H17NO. The highest BCUT2D eigenvalue weighted by Crippen LogP contribution is 2.38. The van der Waals surface area contributed by atoms with Crippen LogP contribution in [0.5, 0.6) is 0 Å². The first-order valence-electron chi connectivity index (χ1n) is 8.67. The summed E-state index contributed by atoms with van der Waals surface area (Å²) in [4.78, 5) is 0. The van der Waals surface area contributed by atoms with Crippen LogP contribution in [0, 0.1) is 0 Å². The van der Waals surface area contributed by atoms with Crippen LogP contribution in [-0.2, 0) is 0 Å². The predicted octanol–water partition coefficient (Wildman–Crippen LogP) is 6.50. The van der Waals surface area contributed by atoms with E-state index in [1.807, 2.05) is 42.5 Å². The fourth-order valence-electron chi connectivity index (χ4n) is 3.57. The topological polar surface area (TPSA) is 39.2 Å². The molecule has 0 aliphatic heterocycles. The Labute approximate surface area is 151 Å². The molecule has 124 valence electrons. The molecule has 0 spiro atoms. The number of nitrogens with two attached hydrogens (primary N) is 1. The molecule has 0 aliphatic rings. The Hall–Kier alpha value is -3.52. The normalized spacial score (nSPS) is 11.2. The van der Waals surface area contributed by atoms with E-state index in [0.717, 1.165) is 49.9 Å². The van der Waals surface area contributed by atoms with Gasteiger partial charge >= 0.3 is 0 Å². The lowest BCUT2D eigenvalue weighted by atomic mass is 9.96. The van der Waals surface area contributed by atoms with E-state index in [0.29, 0.717) is 0 Å². The van der Waals surface area contributed by atoms with Gasteiger partial charge in [0.2, 0.25) is 0 Å². The first-order chi connectivity index (χ1) is 12.8. The fourth-order valence-corrected chi connectivity index (χ4v) is 3.57. The van der Waals surface area contributed by atoms with Gasteiger partial charge in [0.05, 0.1) is 0 Å². The lowest BCUT2D eigenvalue weighted by Crippen LogP contribution is -1.91. The van der Waals surface area contributed by atoms with Crippen LogP contribution in [0.2, 0.25) is 0 Å². The van der Waals surface area contributed by atoms with E-state index in [-0.39, 0.29) is 0 Å². The second-order valence-electron chi connectivity index (χ2n) is 6.45.